The normalized spacial score (nSPS) is 44.3. The van der Waals surface area contributed by atoms with E-state index in [0.717, 1.165) is 0 Å². The maximum Gasteiger partial charge on any atom is 0.188 e. The second-order valence-corrected chi connectivity index (χ2v) is 9.63. The first-order valence-electron chi connectivity index (χ1n) is 13.4. The van der Waals surface area contributed by atoms with E-state index in [2.05, 4.69) is 10.3 Å². The fourth-order valence-electron chi connectivity index (χ4n) is 4.42. The molecular weight excluding hydrogens is 574 g/mol. The third-order valence-corrected chi connectivity index (χ3v) is 6.88. The number of ether oxygens (including phenoxy) is 6. The topological polar surface area (TPSA) is 288 Å². The van der Waals surface area contributed by atoms with Crippen LogP contribution in [0.4, 0.5) is 0 Å². The predicted octanol–water partition coefficient (Wildman–Crippen LogP) is -6.27. The zero-order valence-corrected chi connectivity index (χ0v) is 22.9. The molecule has 4 rings (SSSR count). The van der Waals surface area contributed by atoms with Gasteiger partial charge in [-0.25, -0.2) is 4.68 Å². The molecule has 3 saturated heterocycles. The van der Waals surface area contributed by atoms with E-state index in [1.807, 2.05) is 13.8 Å². The minimum Gasteiger partial charge on any atom is -0.394 e. The highest BCUT2D eigenvalue weighted by molar-refractivity contribution is 4.93. The lowest BCUT2D eigenvalue weighted by atomic mass is 9.98. The molecule has 3 aliphatic rings. The number of hydrogen-bond donors (Lipinski definition) is 10. The van der Waals surface area contributed by atoms with Crippen LogP contribution in [-0.2, 0) is 35.2 Å². The number of aliphatic hydroxyl groups is 10. The Morgan fingerprint density at radius 1 is 0.595 bits per heavy atom. The average molecular weight is 616 g/mol. The summed E-state index contributed by atoms with van der Waals surface area (Å²) in [7, 11) is 0. The molecule has 3 aliphatic heterocycles. The molecule has 10 N–H and O–H groups in total. The van der Waals surface area contributed by atoms with Gasteiger partial charge in [0.05, 0.1) is 26.0 Å². The molecule has 0 spiro atoms. The minimum absolute atomic E-state index is 0.206. The average Bonchev–Trinajstić information content (AvgIpc) is 3.52. The summed E-state index contributed by atoms with van der Waals surface area (Å²) in [6.45, 7) is 1.99. The summed E-state index contributed by atoms with van der Waals surface area (Å²) >= 11 is 0. The van der Waals surface area contributed by atoms with E-state index in [1.165, 1.54) is 17.1 Å². The van der Waals surface area contributed by atoms with E-state index >= 15 is 0 Å². The molecule has 1 aromatic heterocycles. The Labute approximate surface area is 240 Å². The molecule has 15 atom stereocenters. The van der Waals surface area contributed by atoms with Crippen molar-refractivity contribution in [1.29, 1.82) is 0 Å². The molecule has 0 amide bonds. The van der Waals surface area contributed by atoms with E-state index in [-0.39, 0.29) is 6.73 Å². The van der Waals surface area contributed by atoms with Gasteiger partial charge in [-0.2, -0.15) is 0 Å². The molecule has 0 saturated carbocycles. The van der Waals surface area contributed by atoms with Crippen molar-refractivity contribution >= 4 is 0 Å². The summed E-state index contributed by atoms with van der Waals surface area (Å²) in [6.07, 6.45) is -21.0. The molecule has 3 fully saturated rings. The number of hydrogen-bond acceptors (Lipinski definition) is 18. The fourth-order valence-corrected chi connectivity index (χ4v) is 4.42. The van der Waals surface area contributed by atoms with Crippen LogP contribution in [-0.4, -0.2) is 178 Å². The number of rotatable bonds is 10. The first-order chi connectivity index (χ1) is 20.0. The summed E-state index contributed by atoms with van der Waals surface area (Å²) in [5.41, 5.74) is 0. The maximum absolute atomic E-state index is 10.4. The van der Waals surface area contributed by atoms with Gasteiger partial charge in [0.1, 0.15) is 80.0 Å². The third-order valence-electron chi connectivity index (χ3n) is 6.88. The van der Waals surface area contributed by atoms with Crippen LogP contribution in [0.3, 0.4) is 0 Å². The largest absolute Gasteiger partial charge is 0.394 e. The highest BCUT2D eigenvalue weighted by Crippen LogP contribution is 2.28. The van der Waals surface area contributed by atoms with Gasteiger partial charge in [0, 0.05) is 6.20 Å². The van der Waals surface area contributed by atoms with Gasteiger partial charge < -0.3 is 79.5 Å². The van der Waals surface area contributed by atoms with Crippen molar-refractivity contribution in [2.24, 2.45) is 0 Å². The van der Waals surface area contributed by atoms with Gasteiger partial charge in [-0.3, -0.25) is 0 Å². The summed E-state index contributed by atoms with van der Waals surface area (Å²) in [5.74, 6) is 0. The fraction of sp³-hybridized carbons (Fsp3) is 0.913. The molecule has 244 valence electrons. The van der Waals surface area contributed by atoms with Gasteiger partial charge in [-0.05, 0) is 0 Å². The molecule has 19 heteroatoms. The van der Waals surface area contributed by atoms with E-state index in [0.29, 0.717) is 0 Å². The molecule has 19 nitrogen and oxygen atoms in total. The third kappa shape index (κ3) is 7.95. The monoisotopic (exact) mass is 615 g/mol. The standard InChI is InChI=1S/C21H35N3O16.C2H6/c25-3-7-10(26)13(29)16(32)19(38-7)35-4-8-11(27)14(30)17(33)20(39-8)36-5-9-12(28)15(31)18(34)21(40-9)37-6-24-2-1-22-23-24;1-2/h1-2,7-21,25-34H,3-6H2;1-2H3/t7-,8-,9?,10-,11-,12-,13+,14+,15+,16-,17-,18-,19-,20-,21-;/m1./s1. The van der Waals surface area contributed by atoms with Crippen molar-refractivity contribution in [3.63, 3.8) is 0 Å². The number of aliphatic hydroxyl groups excluding tert-OH is 10. The van der Waals surface area contributed by atoms with Gasteiger partial charge in [0.25, 0.3) is 0 Å². The van der Waals surface area contributed by atoms with Crippen LogP contribution in [0.1, 0.15) is 13.8 Å². The van der Waals surface area contributed by atoms with Gasteiger partial charge in [0.2, 0.25) is 0 Å². The van der Waals surface area contributed by atoms with Crippen LogP contribution in [0.25, 0.3) is 0 Å². The molecular formula is C23H41N3O16. The Morgan fingerprint density at radius 2 is 1.00 bits per heavy atom. The molecule has 4 heterocycles. The molecule has 0 bridgehead atoms. The van der Waals surface area contributed by atoms with Gasteiger partial charge >= 0.3 is 0 Å². The minimum atomic E-state index is -1.80. The van der Waals surface area contributed by atoms with Crippen molar-refractivity contribution in [1.82, 2.24) is 15.0 Å². The van der Waals surface area contributed by atoms with Crippen LogP contribution >= 0.6 is 0 Å². The van der Waals surface area contributed by atoms with Crippen molar-refractivity contribution < 1.29 is 79.5 Å². The smallest absolute Gasteiger partial charge is 0.188 e. The van der Waals surface area contributed by atoms with Gasteiger partial charge in [-0.1, -0.05) is 19.1 Å². The molecule has 1 unspecified atom stereocenters. The number of aromatic nitrogens is 3. The molecule has 0 aromatic carbocycles. The Balaban J connectivity index is 0.00000237. The van der Waals surface area contributed by atoms with E-state index in [4.69, 9.17) is 28.4 Å². The first kappa shape index (κ1) is 35.0. The molecule has 0 aliphatic carbocycles. The second-order valence-electron chi connectivity index (χ2n) is 9.63. The van der Waals surface area contributed by atoms with Crippen LogP contribution < -0.4 is 0 Å². The van der Waals surface area contributed by atoms with Crippen LogP contribution in [0.15, 0.2) is 12.4 Å². The van der Waals surface area contributed by atoms with E-state index in [1.54, 1.807) is 0 Å². The lowest BCUT2D eigenvalue weighted by molar-refractivity contribution is -0.344. The Morgan fingerprint density at radius 3 is 1.40 bits per heavy atom. The quantitative estimate of drug-likeness (QED) is 0.117. The highest BCUT2D eigenvalue weighted by atomic mass is 16.7. The van der Waals surface area contributed by atoms with Crippen LogP contribution in [0, 0.1) is 0 Å². The molecule has 0 radical (unpaired) electrons. The first-order valence-corrected chi connectivity index (χ1v) is 13.4. The van der Waals surface area contributed by atoms with E-state index < -0.39 is 112 Å². The van der Waals surface area contributed by atoms with Crippen LogP contribution in [0.2, 0.25) is 0 Å². The predicted molar refractivity (Wildman–Crippen MR) is 131 cm³/mol. The maximum atomic E-state index is 10.4. The zero-order valence-electron chi connectivity index (χ0n) is 22.9. The zero-order chi connectivity index (χ0) is 31.1. The second kappa shape index (κ2) is 16.0. The van der Waals surface area contributed by atoms with Crippen molar-refractivity contribution in [2.45, 2.75) is 113 Å². The summed E-state index contributed by atoms with van der Waals surface area (Å²) in [6, 6.07) is 0. The lowest BCUT2D eigenvalue weighted by Gasteiger charge is -2.43. The Kier molecular flexibility index (Phi) is 13.3. The highest BCUT2D eigenvalue weighted by Gasteiger charge is 2.49. The Hall–Kier alpha value is -1.50. The summed E-state index contributed by atoms with van der Waals surface area (Å²) in [4.78, 5) is 0. The van der Waals surface area contributed by atoms with Gasteiger partial charge in [0.15, 0.2) is 18.9 Å². The molecule has 42 heavy (non-hydrogen) atoms. The Bertz CT molecular complexity index is 901. The van der Waals surface area contributed by atoms with E-state index in [9.17, 15) is 51.1 Å². The summed E-state index contributed by atoms with van der Waals surface area (Å²) in [5, 5.41) is 108. The lowest BCUT2D eigenvalue weighted by Crippen LogP contribution is -2.62. The SMILES string of the molecule is CC.OC[C@H]1O[C@@H](OC[C@H]2O[C@@H](OCC3O[C@@H](OCn4ccnn4)[C@H](O)[C@@H](O)[C@@H]3O)[C@H](O)[C@@H](O)[C@@H]2O)[C@H](O)[C@@H](O)[C@@H]1O. The van der Waals surface area contributed by atoms with Gasteiger partial charge in [-0.15, -0.1) is 5.10 Å². The number of nitrogens with zero attached hydrogens (tertiary/aromatic N) is 3. The van der Waals surface area contributed by atoms with Crippen molar-refractivity contribution in [2.75, 3.05) is 19.8 Å². The molecule has 1 aromatic rings. The summed E-state index contributed by atoms with van der Waals surface area (Å²) < 4.78 is 33.7. The van der Waals surface area contributed by atoms with Crippen LogP contribution in [0.5, 0.6) is 0 Å². The van der Waals surface area contributed by atoms with Crippen molar-refractivity contribution in [3.05, 3.63) is 12.4 Å². The van der Waals surface area contributed by atoms with Crippen molar-refractivity contribution in [3.8, 4) is 0 Å².